The second-order valence-electron chi connectivity index (χ2n) is 5.10. The summed E-state index contributed by atoms with van der Waals surface area (Å²) in [6, 6.07) is 1.48. The molecule has 16 heavy (non-hydrogen) atoms. The maximum Gasteiger partial charge on any atom is 0.0155 e. The lowest BCUT2D eigenvalue weighted by Crippen LogP contribution is -2.41. The number of hydrogen-bond donors (Lipinski definition) is 1. The normalized spacial score (nSPS) is 27.6. The van der Waals surface area contributed by atoms with E-state index in [0.717, 1.165) is 18.5 Å². The lowest BCUT2D eigenvalue weighted by Gasteiger charge is -2.30. The van der Waals surface area contributed by atoms with Crippen LogP contribution in [-0.4, -0.2) is 49.1 Å². The van der Waals surface area contributed by atoms with Gasteiger partial charge >= 0.3 is 0 Å². The van der Waals surface area contributed by atoms with E-state index in [-0.39, 0.29) is 0 Å². The van der Waals surface area contributed by atoms with Crippen LogP contribution in [0.2, 0.25) is 0 Å². The number of hydrogen-bond acceptors (Lipinski definition) is 3. The van der Waals surface area contributed by atoms with Crippen molar-refractivity contribution in [1.29, 1.82) is 0 Å². The summed E-state index contributed by atoms with van der Waals surface area (Å²) in [5.41, 5.74) is 0. The van der Waals surface area contributed by atoms with Crippen LogP contribution in [0.3, 0.4) is 0 Å². The fourth-order valence-corrected chi connectivity index (χ4v) is 3.44. The molecular weight excluding hydrogens is 216 g/mol. The van der Waals surface area contributed by atoms with Gasteiger partial charge in [0.1, 0.15) is 0 Å². The van der Waals surface area contributed by atoms with Gasteiger partial charge in [0.05, 0.1) is 0 Å². The molecule has 1 aliphatic rings. The average molecular weight is 244 g/mol. The minimum absolute atomic E-state index is 0.706. The molecule has 0 aromatic rings. The van der Waals surface area contributed by atoms with E-state index in [1.807, 2.05) is 11.8 Å². The van der Waals surface area contributed by atoms with Crippen LogP contribution in [0.15, 0.2) is 0 Å². The molecule has 3 unspecified atom stereocenters. The first-order valence-electron chi connectivity index (χ1n) is 6.61. The minimum atomic E-state index is 0.706. The highest BCUT2D eigenvalue weighted by Gasteiger charge is 2.28. The third-order valence-corrected chi connectivity index (χ3v) is 4.62. The van der Waals surface area contributed by atoms with Crippen molar-refractivity contribution in [1.82, 2.24) is 10.2 Å². The third kappa shape index (κ3) is 4.27. The van der Waals surface area contributed by atoms with E-state index in [1.54, 1.807) is 0 Å². The van der Waals surface area contributed by atoms with Crippen LogP contribution in [0.4, 0.5) is 0 Å². The minimum Gasteiger partial charge on any atom is -0.314 e. The molecular formula is C13H28N2S. The molecule has 1 rings (SSSR count). The van der Waals surface area contributed by atoms with Crippen LogP contribution in [0.25, 0.3) is 0 Å². The second kappa shape index (κ2) is 7.57. The molecule has 96 valence electrons. The lowest BCUT2D eigenvalue weighted by molar-refractivity contribution is 0.216. The molecule has 1 N–H and O–H groups in total. The Morgan fingerprint density at radius 1 is 1.44 bits per heavy atom. The number of nitrogens with one attached hydrogen (secondary N) is 1. The smallest absolute Gasteiger partial charge is 0.0155 e. The number of thioether (sulfide) groups is 1. The maximum atomic E-state index is 3.64. The summed E-state index contributed by atoms with van der Waals surface area (Å²) in [6.45, 7) is 6.94. The van der Waals surface area contributed by atoms with E-state index >= 15 is 0 Å². The van der Waals surface area contributed by atoms with Gasteiger partial charge in [0.15, 0.2) is 0 Å². The highest BCUT2D eigenvalue weighted by molar-refractivity contribution is 7.98. The monoisotopic (exact) mass is 244 g/mol. The Balaban J connectivity index is 2.34. The van der Waals surface area contributed by atoms with Crippen molar-refractivity contribution < 1.29 is 0 Å². The Kier molecular flexibility index (Phi) is 6.78. The summed E-state index contributed by atoms with van der Waals surface area (Å²) in [6.07, 6.45) is 6.39. The largest absolute Gasteiger partial charge is 0.314 e. The number of rotatable bonds is 7. The zero-order chi connectivity index (χ0) is 12.0. The fraction of sp³-hybridized carbons (Fsp3) is 1.00. The molecule has 0 spiro atoms. The van der Waals surface area contributed by atoms with Crippen LogP contribution in [0.1, 0.15) is 33.1 Å². The van der Waals surface area contributed by atoms with E-state index < -0.39 is 0 Å². The van der Waals surface area contributed by atoms with Crippen LogP contribution in [0, 0.1) is 5.92 Å². The molecule has 1 aliphatic carbocycles. The molecule has 0 heterocycles. The first-order valence-corrected chi connectivity index (χ1v) is 8.01. The number of nitrogens with zero attached hydrogens (tertiary/aromatic N) is 1. The molecule has 2 nitrogen and oxygen atoms in total. The SMILES string of the molecule is CCNC1CCCC1CN(C)C(C)CSC. The topological polar surface area (TPSA) is 15.3 Å². The van der Waals surface area contributed by atoms with Gasteiger partial charge in [-0.05, 0) is 45.5 Å². The molecule has 0 bridgehead atoms. The van der Waals surface area contributed by atoms with Crippen LogP contribution in [-0.2, 0) is 0 Å². The van der Waals surface area contributed by atoms with E-state index in [1.165, 1.54) is 31.6 Å². The van der Waals surface area contributed by atoms with E-state index in [0.29, 0.717) is 6.04 Å². The zero-order valence-corrected chi connectivity index (χ0v) is 12.1. The molecule has 0 saturated heterocycles. The molecule has 0 aromatic heterocycles. The Morgan fingerprint density at radius 2 is 2.19 bits per heavy atom. The van der Waals surface area contributed by atoms with Gasteiger partial charge in [0.25, 0.3) is 0 Å². The third-order valence-electron chi connectivity index (χ3n) is 3.81. The summed E-state index contributed by atoms with van der Waals surface area (Å²) < 4.78 is 0. The summed E-state index contributed by atoms with van der Waals surface area (Å²) in [5, 5.41) is 3.64. The van der Waals surface area contributed by atoms with Gasteiger partial charge in [-0.3, -0.25) is 0 Å². The first kappa shape index (κ1) is 14.3. The van der Waals surface area contributed by atoms with Crippen molar-refractivity contribution in [2.75, 3.05) is 32.1 Å². The summed E-state index contributed by atoms with van der Waals surface area (Å²) in [4.78, 5) is 2.54. The van der Waals surface area contributed by atoms with Crippen molar-refractivity contribution >= 4 is 11.8 Å². The Bertz CT molecular complexity index is 187. The van der Waals surface area contributed by atoms with E-state index in [2.05, 4.69) is 37.4 Å². The van der Waals surface area contributed by atoms with Gasteiger partial charge in [0.2, 0.25) is 0 Å². The highest BCUT2D eigenvalue weighted by Crippen LogP contribution is 2.26. The predicted octanol–water partition coefficient (Wildman–Crippen LogP) is 2.45. The molecule has 3 atom stereocenters. The first-order chi connectivity index (χ1) is 7.69. The fourth-order valence-electron chi connectivity index (χ4n) is 2.70. The van der Waals surface area contributed by atoms with Crippen LogP contribution < -0.4 is 5.32 Å². The van der Waals surface area contributed by atoms with Gasteiger partial charge in [-0.2, -0.15) is 11.8 Å². The second-order valence-corrected chi connectivity index (χ2v) is 6.01. The molecule has 0 radical (unpaired) electrons. The average Bonchev–Trinajstić information content (AvgIpc) is 2.67. The van der Waals surface area contributed by atoms with Crippen LogP contribution >= 0.6 is 11.8 Å². The van der Waals surface area contributed by atoms with Gasteiger partial charge in [-0.15, -0.1) is 0 Å². The van der Waals surface area contributed by atoms with Crippen molar-refractivity contribution in [3.8, 4) is 0 Å². The molecule has 1 fully saturated rings. The summed E-state index contributed by atoms with van der Waals surface area (Å²) >= 11 is 1.95. The Hall–Kier alpha value is 0.270. The van der Waals surface area contributed by atoms with E-state index in [4.69, 9.17) is 0 Å². The maximum absolute atomic E-state index is 3.64. The molecule has 0 aromatic carbocycles. The van der Waals surface area contributed by atoms with Gasteiger partial charge in [-0.25, -0.2) is 0 Å². The van der Waals surface area contributed by atoms with Crippen molar-refractivity contribution in [2.45, 2.75) is 45.2 Å². The van der Waals surface area contributed by atoms with Gasteiger partial charge < -0.3 is 10.2 Å². The zero-order valence-electron chi connectivity index (χ0n) is 11.3. The standard InChI is InChI=1S/C13H28N2S/c1-5-14-13-8-6-7-12(13)9-15(3)11(2)10-16-4/h11-14H,5-10H2,1-4H3. The Labute approximate surface area is 106 Å². The molecule has 3 heteroatoms. The molecule has 0 amide bonds. The van der Waals surface area contributed by atoms with Crippen molar-refractivity contribution in [3.63, 3.8) is 0 Å². The van der Waals surface area contributed by atoms with Gasteiger partial charge in [0, 0.05) is 24.4 Å². The quantitative estimate of drug-likeness (QED) is 0.740. The Morgan fingerprint density at radius 3 is 2.81 bits per heavy atom. The van der Waals surface area contributed by atoms with Crippen LogP contribution in [0.5, 0.6) is 0 Å². The molecule has 0 aliphatic heterocycles. The molecule has 1 saturated carbocycles. The summed E-state index contributed by atoms with van der Waals surface area (Å²) in [7, 11) is 2.28. The highest BCUT2D eigenvalue weighted by atomic mass is 32.2. The lowest BCUT2D eigenvalue weighted by atomic mass is 10.0. The predicted molar refractivity (Wildman–Crippen MR) is 75.3 cm³/mol. The van der Waals surface area contributed by atoms with E-state index in [9.17, 15) is 0 Å². The van der Waals surface area contributed by atoms with Crippen molar-refractivity contribution in [2.24, 2.45) is 5.92 Å². The van der Waals surface area contributed by atoms with Gasteiger partial charge in [-0.1, -0.05) is 13.3 Å². The van der Waals surface area contributed by atoms with Crippen molar-refractivity contribution in [3.05, 3.63) is 0 Å². The summed E-state index contributed by atoms with van der Waals surface area (Å²) in [5.74, 6) is 2.11.